The first-order chi connectivity index (χ1) is 6.07. The lowest BCUT2D eigenvalue weighted by atomic mass is 10.1. The molecule has 0 aliphatic heterocycles. The van der Waals surface area contributed by atoms with Crippen LogP contribution in [0.2, 0.25) is 0 Å². The van der Waals surface area contributed by atoms with Crippen molar-refractivity contribution in [2.24, 2.45) is 0 Å². The fourth-order valence-corrected chi connectivity index (χ4v) is 1.51. The van der Waals surface area contributed by atoms with Crippen LogP contribution in [-0.2, 0) is 0 Å². The average molecular weight is 181 g/mol. The van der Waals surface area contributed by atoms with Gasteiger partial charge in [0.05, 0.1) is 17.6 Å². The molecule has 0 radical (unpaired) electrons. The molecule has 0 saturated heterocycles. The monoisotopic (exact) mass is 181 g/mol. The average Bonchev–Trinajstić information content (AvgIpc) is 2.45. The van der Waals surface area contributed by atoms with Crippen LogP contribution < -0.4 is 5.73 Å². The summed E-state index contributed by atoms with van der Waals surface area (Å²) in [6, 6.07) is 0.440. The molecule has 1 aromatic rings. The van der Waals surface area contributed by atoms with Crippen molar-refractivity contribution >= 4 is 5.69 Å². The first kappa shape index (κ1) is 10.1. The second-order valence-electron chi connectivity index (χ2n) is 3.84. The fraction of sp³-hybridized carbons (Fsp3) is 0.700. The summed E-state index contributed by atoms with van der Waals surface area (Å²) in [7, 11) is 0. The van der Waals surface area contributed by atoms with Gasteiger partial charge in [-0.25, -0.2) is 0 Å². The lowest BCUT2D eigenvalue weighted by Crippen LogP contribution is -2.11. The van der Waals surface area contributed by atoms with E-state index < -0.39 is 0 Å². The number of anilines is 1. The van der Waals surface area contributed by atoms with Gasteiger partial charge >= 0.3 is 0 Å². The van der Waals surface area contributed by atoms with E-state index in [0.717, 1.165) is 17.8 Å². The molecular weight excluding hydrogens is 162 g/mol. The second kappa shape index (κ2) is 3.81. The van der Waals surface area contributed by atoms with Crippen molar-refractivity contribution in [3.8, 4) is 0 Å². The van der Waals surface area contributed by atoms with Crippen molar-refractivity contribution in [2.75, 3.05) is 5.73 Å². The van der Waals surface area contributed by atoms with E-state index >= 15 is 0 Å². The largest absolute Gasteiger partial charge is 0.396 e. The van der Waals surface area contributed by atoms with Crippen molar-refractivity contribution in [1.82, 2.24) is 9.78 Å². The third kappa shape index (κ3) is 1.85. The van der Waals surface area contributed by atoms with Gasteiger partial charge in [0.2, 0.25) is 0 Å². The molecule has 2 N–H and O–H groups in total. The number of rotatable bonds is 3. The number of hydrogen-bond donors (Lipinski definition) is 1. The fourth-order valence-electron chi connectivity index (χ4n) is 1.51. The molecule has 0 bridgehead atoms. The second-order valence-corrected chi connectivity index (χ2v) is 3.84. The Hall–Kier alpha value is -0.990. The Morgan fingerprint density at radius 2 is 2.08 bits per heavy atom. The molecule has 0 aromatic carbocycles. The van der Waals surface area contributed by atoms with Crippen LogP contribution in [0, 0.1) is 0 Å². The maximum absolute atomic E-state index is 5.85. The number of aromatic nitrogens is 2. The van der Waals surface area contributed by atoms with Crippen LogP contribution in [0.15, 0.2) is 6.20 Å². The summed E-state index contributed by atoms with van der Waals surface area (Å²) >= 11 is 0. The molecule has 3 nitrogen and oxygen atoms in total. The maximum Gasteiger partial charge on any atom is 0.0735 e. The van der Waals surface area contributed by atoms with Crippen molar-refractivity contribution in [3.05, 3.63) is 11.9 Å². The minimum Gasteiger partial charge on any atom is -0.396 e. The van der Waals surface area contributed by atoms with Gasteiger partial charge in [-0.05, 0) is 19.3 Å². The lowest BCUT2D eigenvalue weighted by Gasteiger charge is -2.16. The molecule has 1 aromatic heterocycles. The van der Waals surface area contributed by atoms with Gasteiger partial charge in [-0.15, -0.1) is 0 Å². The van der Waals surface area contributed by atoms with Gasteiger partial charge in [0.25, 0.3) is 0 Å². The molecule has 0 aliphatic carbocycles. The zero-order chi connectivity index (χ0) is 10.0. The molecule has 0 spiro atoms. The van der Waals surface area contributed by atoms with Crippen LogP contribution in [0.3, 0.4) is 0 Å². The van der Waals surface area contributed by atoms with Gasteiger partial charge in [-0.2, -0.15) is 5.10 Å². The van der Waals surface area contributed by atoms with E-state index in [2.05, 4.69) is 32.8 Å². The quantitative estimate of drug-likeness (QED) is 0.778. The first-order valence-corrected chi connectivity index (χ1v) is 4.90. The van der Waals surface area contributed by atoms with Crippen LogP contribution in [0.4, 0.5) is 5.69 Å². The normalized spacial score (nSPS) is 13.6. The van der Waals surface area contributed by atoms with E-state index in [1.807, 2.05) is 4.68 Å². The van der Waals surface area contributed by atoms with Crippen LogP contribution >= 0.6 is 0 Å². The Balaban J connectivity index is 3.07. The van der Waals surface area contributed by atoms with Gasteiger partial charge in [0.15, 0.2) is 0 Å². The summed E-state index contributed by atoms with van der Waals surface area (Å²) in [6.07, 6.45) is 2.84. The van der Waals surface area contributed by atoms with E-state index in [4.69, 9.17) is 5.73 Å². The predicted octanol–water partition coefficient (Wildman–Crippen LogP) is 2.56. The molecule has 0 aliphatic rings. The topological polar surface area (TPSA) is 43.8 Å². The van der Waals surface area contributed by atoms with Gasteiger partial charge in [0, 0.05) is 6.04 Å². The Morgan fingerprint density at radius 3 is 2.54 bits per heavy atom. The Bertz CT molecular complexity index is 276. The van der Waals surface area contributed by atoms with Gasteiger partial charge < -0.3 is 5.73 Å². The minimum atomic E-state index is 0.440. The smallest absolute Gasteiger partial charge is 0.0735 e. The third-order valence-electron chi connectivity index (χ3n) is 2.42. The highest BCUT2D eigenvalue weighted by Crippen LogP contribution is 2.25. The zero-order valence-electron chi connectivity index (χ0n) is 8.91. The van der Waals surface area contributed by atoms with E-state index in [1.54, 1.807) is 6.20 Å². The molecular formula is C10H19N3. The summed E-state index contributed by atoms with van der Waals surface area (Å²) in [5.74, 6) is 0.441. The summed E-state index contributed by atoms with van der Waals surface area (Å²) in [4.78, 5) is 0. The number of hydrogen-bond acceptors (Lipinski definition) is 2. The molecule has 1 atom stereocenters. The highest BCUT2D eigenvalue weighted by atomic mass is 15.3. The summed E-state index contributed by atoms with van der Waals surface area (Å²) < 4.78 is 2.04. The standard InChI is InChI=1S/C10H19N3/c1-5-8(4)13-10(7(2)3)9(11)6-12-13/h6-8H,5,11H2,1-4H3. The van der Waals surface area contributed by atoms with E-state index in [9.17, 15) is 0 Å². The van der Waals surface area contributed by atoms with Crippen molar-refractivity contribution < 1.29 is 0 Å². The minimum absolute atomic E-state index is 0.440. The summed E-state index contributed by atoms with van der Waals surface area (Å²) in [6.45, 7) is 8.61. The van der Waals surface area contributed by atoms with E-state index in [1.165, 1.54) is 0 Å². The van der Waals surface area contributed by atoms with Crippen LogP contribution in [0.1, 0.15) is 51.8 Å². The molecule has 1 heterocycles. The molecule has 0 saturated carbocycles. The van der Waals surface area contributed by atoms with Crippen LogP contribution in [-0.4, -0.2) is 9.78 Å². The number of nitrogens with zero attached hydrogens (tertiary/aromatic N) is 2. The maximum atomic E-state index is 5.85. The number of nitrogen functional groups attached to an aromatic ring is 1. The van der Waals surface area contributed by atoms with Crippen molar-refractivity contribution in [3.63, 3.8) is 0 Å². The molecule has 1 rings (SSSR count). The Labute approximate surface area is 79.9 Å². The summed E-state index contributed by atoms with van der Waals surface area (Å²) in [5.41, 5.74) is 7.83. The molecule has 3 heteroatoms. The predicted molar refractivity (Wildman–Crippen MR) is 55.7 cm³/mol. The van der Waals surface area contributed by atoms with Crippen LogP contribution in [0.5, 0.6) is 0 Å². The highest BCUT2D eigenvalue weighted by molar-refractivity contribution is 5.42. The zero-order valence-corrected chi connectivity index (χ0v) is 8.91. The Kier molecular flexibility index (Phi) is 2.96. The van der Waals surface area contributed by atoms with Crippen molar-refractivity contribution in [2.45, 2.75) is 46.1 Å². The lowest BCUT2D eigenvalue weighted by molar-refractivity contribution is 0.452. The third-order valence-corrected chi connectivity index (χ3v) is 2.42. The molecule has 0 amide bonds. The number of nitrogens with two attached hydrogens (primary N) is 1. The summed E-state index contributed by atoms with van der Waals surface area (Å²) in [5, 5.41) is 4.30. The molecule has 1 unspecified atom stereocenters. The van der Waals surface area contributed by atoms with Gasteiger partial charge in [-0.3, -0.25) is 4.68 Å². The van der Waals surface area contributed by atoms with Gasteiger partial charge in [0.1, 0.15) is 0 Å². The van der Waals surface area contributed by atoms with E-state index in [0.29, 0.717) is 12.0 Å². The highest BCUT2D eigenvalue weighted by Gasteiger charge is 2.14. The SMILES string of the molecule is CCC(C)n1ncc(N)c1C(C)C. The van der Waals surface area contributed by atoms with Gasteiger partial charge in [-0.1, -0.05) is 20.8 Å². The van der Waals surface area contributed by atoms with E-state index in [-0.39, 0.29) is 0 Å². The van der Waals surface area contributed by atoms with Crippen LogP contribution in [0.25, 0.3) is 0 Å². The van der Waals surface area contributed by atoms with Crippen molar-refractivity contribution in [1.29, 1.82) is 0 Å². The molecule has 74 valence electrons. The Morgan fingerprint density at radius 1 is 1.46 bits per heavy atom. The molecule has 13 heavy (non-hydrogen) atoms. The first-order valence-electron chi connectivity index (χ1n) is 4.90. The molecule has 0 fully saturated rings.